The molecule has 0 N–H and O–H groups in total. The molecule has 1 fully saturated rings. The van der Waals surface area contributed by atoms with Crippen LogP contribution in [0.15, 0.2) is 46.3 Å². The van der Waals surface area contributed by atoms with Gasteiger partial charge < -0.3 is 9.42 Å². The van der Waals surface area contributed by atoms with Gasteiger partial charge in [-0.15, -0.1) is 11.3 Å². The number of rotatable bonds is 4. The average Bonchev–Trinajstić information content (AvgIpc) is 3.29. The van der Waals surface area contributed by atoms with Crippen LogP contribution < -0.4 is 4.90 Å². The Hall–Kier alpha value is -2.18. The zero-order valence-electron chi connectivity index (χ0n) is 12.7. The van der Waals surface area contributed by atoms with E-state index < -0.39 is 0 Å². The summed E-state index contributed by atoms with van der Waals surface area (Å²) in [6, 6.07) is 11.3. The lowest BCUT2D eigenvalue weighted by Crippen LogP contribution is -2.24. The minimum atomic E-state index is -0.0580. The van der Waals surface area contributed by atoms with Gasteiger partial charge in [0.1, 0.15) is 0 Å². The molecule has 2 aromatic heterocycles. The molecule has 1 aliphatic heterocycles. The Labute approximate surface area is 147 Å². The summed E-state index contributed by atoms with van der Waals surface area (Å²) >= 11 is 7.67. The first-order valence-corrected chi connectivity index (χ1v) is 8.85. The standard InChI is InChI=1S/C17H14ClN3O2S/c18-12-3-1-4-13(8-12)21-10-11(7-16(21)22)17-19-15(23-20-17)9-14-5-2-6-24-14/h1-6,8,11H,7,9-10H2. The predicted molar refractivity (Wildman–Crippen MR) is 92.6 cm³/mol. The zero-order valence-corrected chi connectivity index (χ0v) is 14.3. The van der Waals surface area contributed by atoms with E-state index >= 15 is 0 Å². The second kappa shape index (κ2) is 6.37. The van der Waals surface area contributed by atoms with Gasteiger partial charge in [-0.05, 0) is 29.6 Å². The van der Waals surface area contributed by atoms with Crippen molar-refractivity contribution in [2.24, 2.45) is 0 Å². The van der Waals surface area contributed by atoms with Crippen molar-refractivity contribution in [1.82, 2.24) is 10.1 Å². The number of aromatic nitrogens is 2. The maximum atomic E-state index is 12.3. The largest absolute Gasteiger partial charge is 0.339 e. The van der Waals surface area contributed by atoms with E-state index in [1.54, 1.807) is 28.4 Å². The van der Waals surface area contributed by atoms with Crippen LogP contribution >= 0.6 is 22.9 Å². The van der Waals surface area contributed by atoms with Gasteiger partial charge in [-0.1, -0.05) is 28.9 Å². The molecule has 0 spiro atoms. The molecule has 1 saturated heterocycles. The van der Waals surface area contributed by atoms with E-state index in [2.05, 4.69) is 10.1 Å². The fourth-order valence-electron chi connectivity index (χ4n) is 2.84. The highest BCUT2D eigenvalue weighted by molar-refractivity contribution is 7.09. The van der Waals surface area contributed by atoms with Crippen molar-refractivity contribution in [3.05, 3.63) is 63.4 Å². The highest BCUT2D eigenvalue weighted by atomic mass is 35.5. The van der Waals surface area contributed by atoms with Crippen LogP contribution in [0.2, 0.25) is 5.02 Å². The Kier molecular flexibility index (Phi) is 4.08. The van der Waals surface area contributed by atoms with Crippen molar-refractivity contribution in [3.63, 3.8) is 0 Å². The molecule has 1 unspecified atom stereocenters. The van der Waals surface area contributed by atoms with Crippen molar-refractivity contribution < 1.29 is 9.32 Å². The van der Waals surface area contributed by atoms with Gasteiger partial charge in [0.2, 0.25) is 11.8 Å². The fourth-order valence-corrected chi connectivity index (χ4v) is 3.72. The molecule has 1 amide bonds. The summed E-state index contributed by atoms with van der Waals surface area (Å²) in [5, 5.41) is 6.70. The molecule has 3 aromatic rings. The number of amides is 1. The van der Waals surface area contributed by atoms with Crippen LogP contribution in [0.3, 0.4) is 0 Å². The third-order valence-corrected chi connectivity index (χ3v) is 5.11. The Balaban J connectivity index is 1.50. The molecule has 4 rings (SSSR count). The van der Waals surface area contributed by atoms with E-state index in [-0.39, 0.29) is 11.8 Å². The molecule has 24 heavy (non-hydrogen) atoms. The van der Waals surface area contributed by atoms with Crippen LogP contribution in [0, 0.1) is 0 Å². The highest BCUT2D eigenvalue weighted by Gasteiger charge is 2.34. The number of hydrogen-bond acceptors (Lipinski definition) is 5. The van der Waals surface area contributed by atoms with Gasteiger partial charge >= 0.3 is 0 Å². The summed E-state index contributed by atoms with van der Waals surface area (Å²) in [7, 11) is 0. The van der Waals surface area contributed by atoms with Crippen molar-refractivity contribution in [1.29, 1.82) is 0 Å². The molecule has 0 saturated carbocycles. The Morgan fingerprint density at radius 1 is 1.33 bits per heavy atom. The summed E-state index contributed by atoms with van der Waals surface area (Å²) in [4.78, 5) is 19.7. The summed E-state index contributed by atoms with van der Waals surface area (Å²) < 4.78 is 5.34. The number of thiophene rings is 1. The van der Waals surface area contributed by atoms with Crippen LogP contribution in [0.1, 0.15) is 28.9 Å². The second-order valence-electron chi connectivity index (χ2n) is 5.69. The van der Waals surface area contributed by atoms with Crippen LogP contribution in [0.5, 0.6) is 0 Å². The van der Waals surface area contributed by atoms with E-state index in [4.69, 9.17) is 16.1 Å². The molecule has 0 aliphatic carbocycles. The second-order valence-corrected chi connectivity index (χ2v) is 7.16. The molecular formula is C17H14ClN3O2S. The minimum Gasteiger partial charge on any atom is -0.339 e. The average molecular weight is 360 g/mol. The lowest BCUT2D eigenvalue weighted by atomic mass is 10.1. The van der Waals surface area contributed by atoms with Crippen LogP contribution in [0.4, 0.5) is 5.69 Å². The monoisotopic (exact) mass is 359 g/mol. The molecule has 1 atom stereocenters. The van der Waals surface area contributed by atoms with E-state index in [0.717, 1.165) is 5.69 Å². The van der Waals surface area contributed by atoms with Crippen LogP contribution in [0.25, 0.3) is 0 Å². The maximum absolute atomic E-state index is 12.3. The number of carbonyl (C=O) groups excluding carboxylic acids is 1. The van der Waals surface area contributed by atoms with E-state index in [1.165, 1.54) is 4.88 Å². The smallest absolute Gasteiger partial charge is 0.231 e. The molecule has 0 bridgehead atoms. The lowest BCUT2D eigenvalue weighted by molar-refractivity contribution is -0.117. The maximum Gasteiger partial charge on any atom is 0.231 e. The zero-order chi connectivity index (χ0) is 16.5. The molecule has 1 aromatic carbocycles. The SMILES string of the molecule is O=C1CC(c2noc(Cc3cccs3)n2)CN1c1cccc(Cl)c1. The third-order valence-electron chi connectivity index (χ3n) is 4.00. The Bertz CT molecular complexity index is 862. The van der Waals surface area contributed by atoms with Crippen molar-refractivity contribution >= 4 is 34.5 Å². The summed E-state index contributed by atoms with van der Waals surface area (Å²) in [6.45, 7) is 0.539. The van der Waals surface area contributed by atoms with Gasteiger partial charge in [0.15, 0.2) is 5.82 Å². The summed E-state index contributed by atoms with van der Waals surface area (Å²) in [5.74, 6) is 1.17. The molecule has 7 heteroatoms. The lowest BCUT2D eigenvalue weighted by Gasteiger charge is -2.16. The van der Waals surface area contributed by atoms with Gasteiger partial charge in [-0.25, -0.2) is 0 Å². The normalized spacial score (nSPS) is 17.6. The molecule has 3 heterocycles. The minimum absolute atomic E-state index is 0.0480. The highest BCUT2D eigenvalue weighted by Crippen LogP contribution is 2.31. The van der Waals surface area contributed by atoms with Crippen LogP contribution in [-0.4, -0.2) is 22.6 Å². The summed E-state index contributed by atoms with van der Waals surface area (Å²) in [6.07, 6.45) is 1.01. The van der Waals surface area contributed by atoms with E-state index in [9.17, 15) is 4.79 Å². The van der Waals surface area contributed by atoms with Gasteiger partial charge in [-0.2, -0.15) is 4.98 Å². The predicted octanol–water partition coefficient (Wildman–Crippen LogP) is 3.90. The topological polar surface area (TPSA) is 59.2 Å². The third kappa shape index (κ3) is 3.07. The Morgan fingerprint density at radius 2 is 2.25 bits per heavy atom. The molecule has 0 radical (unpaired) electrons. The van der Waals surface area contributed by atoms with Crippen LogP contribution in [-0.2, 0) is 11.2 Å². The first-order valence-electron chi connectivity index (χ1n) is 7.60. The van der Waals surface area contributed by atoms with Crippen molar-refractivity contribution in [2.45, 2.75) is 18.8 Å². The Morgan fingerprint density at radius 3 is 3.04 bits per heavy atom. The van der Waals surface area contributed by atoms with E-state index in [1.807, 2.05) is 29.6 Å². The number of nitrogens with zero attached hydrogens (tertiary/aromatic N) is 3. The number of benzene rings is 1. The number of halogens is 1. The molecular weight excluding hydrogens is 346 g/mol. The van der Waals surface area contributed by atoms with Gasteiger partial charge in [-0.3, -0.25) is 4.79 Å². The number of carbonyl (C=O) groups is 1. The quantitative estimate of drug-likeness (QED) is 0.709. The number of anilines is 1. The molecule has 5 nitrogen and oxygen atoms in total. The van der Waals surface area contributed by atoms with Crippen molar-refractivity contribution in [2.75, 3.05) is 11.4 Å². The first-order chi connectivity index (χ1) is 11.7. The van der Waals surface area contributed by atoms with Gasteiger partial charge in [0, 0.05) is 34.5 Å². The fraction of sp³-hybridized carbons (Fsp3) is 0.235. The number of hydrogen-bond donors (Lipinski definition) is 0. The first kappa shape index (κ1) is 15.4. The van der Waals surface area contributed by atoms with Gasteiger partial charge in [0.05, 0.1) is 6.42 Å². The van der Waals surface area contributed by atoms with Gasteiger partial charge in [0.25, 0.3) is 0 Å². The van der Waals surface area contributed by atoms with Crippen molar-refractivity contribution in [3.8, 4) is 0 Å². The molecule has 122 valence electrons. The van der Waals surface area contributed by atoms with E-state index in [0.29, 0.717) is 36.1 Å². The summed E-state index contributed by atoms with van der Waals surface area (Å²) in [5.41, 5.74) is 0.803. The molecule has 1 aliphatic rings.